The number of amides is 1. The van der Waals surface area contributed by atoms with Gasteiger partial charge in [0.2, 0.25) is 5.91 Å². The average Bonchev–Trinajstić information content (AvgIpc) is 2.18. The van der Waals surface area contributed by atoms with Crippen molar-refractivity contribution >= 4 is 5.91 Å². The molecular weight excluding hydrogens is 168 g/mol. The molecule has 1 fully saturated rings. The number of likely N-dealkylation sites (N-methyl/N-ethyl adjacent to an activating group) is 1. The van der Waals surface area contributed by atoms with Crippen LogP contribution in [0.25, 0.3) is 0 Å². The molecule has 0 aromatic carbocycles. The van der Waals surface area contributed by atoms with Crippen molar-refractivity contribution in [3.05, 3.63) is 0 Å². The zero-order valence-electron chi connectivity index (χ0n) is 8.16. The van der Waals surface area contributed by atoms with Crippen LogP contribution in [0.15, 0.2) is 0 Å². The van der Waals surface area contributed by atoms with Gasteiger partial charge in [-0.15, -0.1) is 0 Å². The summed E-state index contributed by atoms with van der Waals surface area (Å²) in [6.45, 7) is 1.59. The van der Waals surface area contributed by atoms with E-state index in [0.717, 1.165) is 19.4 Å². The summed E-state index contributed by atoms with van der Waals surface area (Å²) in [5, 5.41) is 0. The van der Waals surface area contributed by atoms with Crippen LogP contribution in [0.3, 0.4) is 0 Å². The second-order valence-corrected chi connectivity index (χ2v) is 3.47. The smallest absolute Gasteiger partial charge is 0.236 e. The largest absolute Gasteiger partial charge is 0.376 e. The standard InChI is InChI=1S/C9H18N2O2/c1-11(9(12)6-10)7-8-4-2-3-5-13-8/h8H,2-7,10H2,1H3. The lowest BCUT2D eigenvalue weighted by atomic mass is 10.1. The Kier molecular flexibility index (Phi) is 4.18. The topological polar surface area (TPSA) is 55.6 Å². The molecule has 2 N–H and O–H groups in total. The summed E-state index contributed by atoms with van der Waals surface area (Å²) in [7, 11) is 1.77. The van der Waals surface area contributed by atoms with Crippen molar-refractivity contribution in [1.82, 2.24) is 4.90 Å². The van der Waals surface area contributed by atoms with Crippen LogP contribution in [0.1, 0.15) is 19.3 Å². The van der Waals surface area contributed by atoms with E-state index in [4.69, 9.17) is 10.5 Å². The van der Waals surface area contributed by atoms with Gasteiger partial charge in [0.25, 0.3) is 0 Å². The number of hydrogen-bond donors (Lipinski definition) is 1. The molecule has 1 unspecified atom stereocenters. The van der Waals surface area contributed by atoms with Crippen LogP contribution in [0, 0.1) is 0 Å². The second-order valence-electron chi connectivity index (χ2n) is 3.47. The Morgan fingerprint density at radius 2 is 2.38 bits per heavy atom. The Hall–Kier alpha value is -0.610. The minimum Gasteiger partial charge on any atom is -0.376 e. The van der Waals surface area contributed by atoms with Crippen LogP contribution in [0.5, 0.6) is 0 Å². The Labute approximate surface area is 79.0 Å². The summed E-state index contributed by atoms with van der Waals surface area (Å²) < 4.78 is 5.51. The van der Waals surface area contributed by atoms with Crippen molar-refractivity contribution in [3.8, 4) is 0 Å². The third-order valence-electron chi connectivity index (χ3n) is 2.35. The van der Waals surface area contributed by atoms with Crippen LogP contribution < -0.4 is 5.73 Å². The van der Waals surface area contributed by atoms with E-state index in [1.54, 1.807) is 11.9 Å². The van der Waals surface area contributed by atoms with Crippen molar-refractivity contribution < 1.29 is 9.53 Å². The lowest BCUT2D eigenvalue weighted by molar-refractivity contribution is -0.130. The molecule has 4 nitrogen and oxygen atoms in total. The van der Waals surface area contributed by atoms with Gasteiger partial charge < -0.3 is 15.4 Å². The number of carbonyl (C=O) groups excluding carboxylic acids is 1. The highest BCUT2D eigenvalue weighted by atomic mass is 16.5. The van der Waals surface area contributed by atoms with Gasteiger partial charge in [0.1, 0.15) is 0 Å². The molecule has 0 spiro atoms. The molecule has 13 heavy (non-hydrogen) atoms. The molecule has 0 aliphatic carbocycles. The van der Waals surface area contributed by atoms with Crippen molar-refractivity contribution in [3.63, 3.8) is 0 Å². The molecule has 1 heterocycles. The number of nitrogens with zero attached hydrogens (tertiary/aromatic N) is 1. The van der Waals surface area contributed by atoms with E-state index in [1.807, 2.05) is 0 Å². The lowest BCUT2D eigenvalue weighted by Crippen LogP contribution is -2.39. The monoisotopic (exact) mass is 186 g/mol. The second kappa shape index (κ2) is 5.19. The zero-order chi connectivity index (χ0) is 9.68. The van der Waals surface area contributed by atoms with Crippen molar-refractivity contribution in [2.75, 3.05) is 26.7 Å². The normalized spacial score (nSPS) is 22.8. The minimum atomic E-state index is -0.0193. The molecule has 1 saturated heterocycles. The molecular formula is C9H18N2O2. The molecule has 0 radical (unpaired) electrons. The number of ether oxygens (including phenoxy) is 1. The maximum absolute atomic E-state index is 11.1. The molecule has 1 aliphatic heterocycles. The van der Waals surface area contributed by atoms with Gasteiger partial charge in [-0.05, 0) is 19.3 Å². The Morgan fingerprint density at radius 1 is 1.62 bits per heavy atom. The number of hydrogen-bond acceptors (Lipinski definition) is 3. The van der Waals surface area contributed by atoms with Crippen molar-refractivity contribution in [1.29, 1.82) is 0 Å². The van der Waals surface area contributed by atoms with E-state index in [2.05, 4.69) is 0 Å². The number of rotatable bonds is 3. The van der Waals surface area contributed by atoms with Gasteiger partial charge in [0.05, 0.1) is 12.6 Å². The van der Waals surface area contributed by atoms with E-state index < -0.39 is 0 Å². The Balaban J connectivity index is 2.25. The minimum absolute atomic E-state index is 0.0193. The quantitative estimate of drug-likeness (QED) is 0.673. The van der Waals surface area contributed by atoms with Crippen LogP contribution in [0.4, 0.5) is 0 Å². The Bertz CT molecular complexity index is 167. The van der Waals surface area contributed by atoms with E-state index in [9.17, 15) is 4.79 Å². The summed E-state index contributed by atoms with van der Waals surface area (Å²) >= 11 is 0. The van der Waals surface area contributed by atoms with E-state index in [0.29, 0.717) is 6.54 Å². The fourth-order valence-corrected chi connectivity index (χ4v) is 1.51. The third kappa shape index (κ3) is 3.32. The molecule has 0 saturated carbocycles. The van der Waals surface area contributed by atoms with Gasteiger partial charge >= 0.3 is 0 Å². The van der Waals surface area contributed by atoms with Gasteiger partial charge in [-0.2, -0.15) is 0 Å². The first-order valence-electron chi connectivity index (χ1n) is 4.79. The van der Waals surface area contributed by atoms with Gasteiger partial charge in [0, 0.05) is 20.2 Å². The van der Waals surface area contributed by atoms with E-state index >= 15 is 0 Å². The maximum atomic E-state index is 11.1. The predicted molar refractivity (Wildman–Crippen MR) is 50.3 cm³/mol. The molecule has 0 aromatic rings. The lowest BCUT2D eigenvalue weighted by Gasteiger charge is -2.27. The Morgan fingerprint density at radius 3 is 2.92 bits per heavy atom. The summed E-state index contributed by atoms with van der Waals surface area (Å²) in [5.41, 5.74) is 5.25. The van der Waals surface area contributed by atoms with Gasteiger partial charge in [-0.1, -0.05) is 0 Å². The highest BCUT2D eigenvalue weighted by Gasteiger charge is 2.17. The highest BCUT2D eigenvalue weighted by molar-refractivity contribution is 5.77. The van der Waals surface area contributed by atoms with Gasteiger partial charge in [-0.25, -0.2) is 0 Å². The van der Waals surface area contributed by atoms with E-state index in [1.165, 1.54) is 6.42 Å². The summed E-state index contributed by atoms with van der Waals surface area (Å²) in [6.07, 6.45) is 3.62. The van der Waals surface area contributed by atoms with Crippen LogP contribution in [0.2, 0.25) is 0 Å². The van der Waals surface area contributed by atoms with Crippen molar-refractivity contribution in [2.45, 2.75) is 25.4 Å². The molecule has 1 atom stereocenters. The highest BCUT2D eigenvalue weighted by Crippen LogP contribution is 2.13. The molecule has 0 aromatic heterocycles. The van der Waals surface area contributed by atoms with E-state index in [-0.39, 0.29) is 18.6 Å². The van der Waals surface area contributed by atoms with Gasteiger partial charge in [0.15, 0.2) is 0 Å². The predicted octanol–water partition coefficient (Wildman–Crippen LogP) is -0.0274. The zero-order valence-corrected chi connectivity index (χ0v) is 8.16. The van der Waals surface area contributed by atoms with Crippen LogP contribution >= 0.6 is 0 Å². The fraction of sp³-hybridized carbons (Fsp3) is 0.889. The van der Waals surface area contributed by atoms with Crippen LogP contribution in [-0.2, 0) is 9.53 Å². The first-order chi connectivity index (χ1) is 6.24. The molecule has 1 amide bonds. The first-order valence-corrected chi connectivity index (χ1v) is 4.79. The average molecular weight is 186 g/mol. The third-order valence-corrected chi connectivity index (χ3v) is 2.35. The SMILES string of the molecule is CN(CC1CCCCO1)C(=O)CN. The molecule has 1 rings (SSSR count). The molecule has 0 bridgehead atoms. The van der Waals surface area contributed by atoms with Crippen LogP contribution in [-0.4, -0.2) is 43.7 Å². The molecule has 4 heteroatoms. The van der Waals surface area contributed by atoms with Crippen molar-refractivity contribution in [2.24, 2.45) is 5.73 Å². The number of nitrogens with two attached hydrogens (primary N) is 1. The van der Waals surface area contributed by atoms with Gasteiger partial charge in [-0.3, -0.25) is 4.79 Å². The summed E-state index contributed by atoms with van der Waals surface area (Å²) in [4.78, 5) is 12.8. The summed E-state index contributed by atoms with van der Waals surface area (Å²) in [5.74, 6) is -0.0193. The molecule has 1 aliphatic rings. The number of carbonyl (C=O) groups is 1. The molecule has 76 valence electrons. The maximum Gasteiger partial charge on any atom is 0.236 e. The fourth-order valence-electron chi connectivity index (χ4n) is 1.51. The summed E-state index contributed by atoms with van der Waals surface area (Å²) in [6, 6.07) is 0. The first kappa shape index (κ1) is 10.5.